The number of hydrogen-bond acceptors (Lipinski definition) is 3. The van der Waals surface area contributed by atoms with E-state index in [1.165, 1.54) is 5.69 Å². The lowest BCUT2D eigenvalue weighted by atomic mass is 9.75. The lowest BCUT2D eigenvalue weighted by Gasteiger charge is -2.26. The van der Waals surface area contributed by atoms with Crippen LogP contribution in [0.2, 0.25) is 0 Å². The number of carbonyl (C=O) groups is 2. The van der Waals surface area contributed by atoms with E-state index in [0.717, 1.165) is 41.3 Å². The van der Waals surface area contributed by atoms with Crippen molar-refractivity contribution >= 4 is 22.7 Å². The van der Waals surface area contributed by atoms with E-state index in [-0.39, 0.29) is 23.6 Å². The van der Waals surface area contributed by atoms with Gasteiger partial charge >= 0.3 is 5.97 Å². The molecule has 0 bridgehead atoms. The van der Waals surface area contributed by atoms with E-state index in [1.54, 1.807) is 0 Å². The molecule has 2 unspecified atom stereocenters. The van der Waals surface area contributed by atoms with Crippen molar-refractivity contribution in [2.45, 2.75) is 31.6 Å². The number of esters is 1. The van der Waals surface area contributed by atoms with Crippen molar-refractivity contribution in [3.05, 3.63) is 71.4 Å². The Morgan fingerprint density at radius 1 is 1.10 bits per heavy atom. The van der Waals surface area contributed by atoms with E-state index in [2.05, 4.69) is 23.7 Å². The number of ether oxygens (including phenoxy) is 1. The van der Waals surface area contributed by atoms with Gasteiger partial charge in [-0.05, 0) is 42.9 Å². The molecule has 0 amide bonds. The number of ketones is 1. The Hall–Kier alpha value is -2.88. The summed E-state index contributed by atoms with van der Waals surface area (Å²) in [6.07, 6.45) is 3.45. The second kappa shape index (κ2) is 7.18. The maximum absolute atomic E-state index is 13.7. The summed E-state index contributed by atoms with van der Waals surface area (Å²) >= 11 is 0. The summed E-state index contributed by atoms with van der Waals surface area (Å²) in [6, 6.07) is 18.3. The molecule has 0 spiro atoms. The van der Waals surface area contributed by atoms with Gasteiger partial charge in [0.1, 0.15) is 5.92 Å². The molecular formula is C25H25NO3. The van der Waals surface area contributed by atoms with Crippen LogP contribution in [-0.4, -0.2) is 22.9 Å². The topological polar surface area (TPSA) is 48.3 Å². The fraction of sp³-hybridized carbons (Fsp3) is 0.360. The van der Waals surface area contributed by atoms with E-state index >= 15 is 0 Å². The Morgan fingerprint density at radius 2 is 1.86 bits per heavy atom. The summed E-state index contributed by atoms with van der Waals surface area (Å²) in [4.78, 5) is 26.3. The monoisotopic (exact) mass is 387 g/mol. The van der Waals surface area contributed by atoms with E-state index < -0.39 is 5.92 Å². The van der Waals surface area contributed by atoms with Gasteiger partial charge in [0, 0.05) is 35.5 Å². The molecule has 1 aliphatic carbocycles. The number of aryl methyl sites for hydroxylation is 1. The third-order valence-electron chi connectivity index (χ3n) is 6.68. The van der Waals surface area contributed by atoms with Gasteiger partial charge in [-0.15, -0.1) is 0 Å². The molecule has 2 heterocycles. The maximum Gasteiger partial charge on any atom is 0.316 e. The van der Waals surface area contributed by atoms with Crippen LogP contribution in [0.25, 0.3) is 10.9 Å². The molecule has 0 N–H and O–H groups in total. The Morgan fingerprint density at radius 3 is 2.69 bits per heavy atom. The molecule has 29 heavy (non-hydrogen) atoms. The van der Waals surface area contributed by atoms with Crippen LogP contribution in [0, 0.1) is 11.8 Å². The lowest BCUT2D eigenvalue weighted by Crippen LogP contribution is -2.33. The van der Waals surface area contributed by atoms with E-state index in [9.17, 15) is 9.59 Å². The number of nitrogens with zero attached hydrogens (tertiary/aromatic N) is 1. The minimum atomic E-state index is -0.662. The molecule has 4 nitrogen and oxygen atoms in total. The van der Waals surface area contributed by atoms with Gasteiger partial charge in [0.15, 0.2) is 5.78 Å². The summed E-state index contributed by atoms with van der Waals surface area (Å²) < 4.78 is 7.60. The molecular weight excluding hydrogens is 362 g/mol. The van der Waals surface area contributed by atoms with E-state index in [4.69, 9.17) is 4.74 Å². The van der Waals surface area contributed by atoms with Crippen molar-refractivity contribution in [1.29, 1.82) is 0 Å². The predicted molar refractivity (Wildman–Crippen MR) is 112 cm³/mol. The largest absolute Gasteiger partial charge is 0.465 e. The lowest BCUT2D eigenvalue weighted by molar-refractivity contribution is -0.145. The minimum Gasteiger partial charge on any atom is -0.465 e. The number of hydrogen-bond donors (Lipinski definition) is 0. The number of benzene rings is 2. The zero-order chi connectivity index (χ0) is 20.0. The first-order chi connectivity index (χ1) is 14.1. The van der Waals surface area contributed by atoms with Crippen molar-refractivity contribution in [1.82, 2.24) is 4.57 Å². The fourth-order valence-electron chi connectivity index (χ4n) is 5.30. The summed E-state index contributed by atoms with van der Waals surface area (Å²) in [5.41, 5.74) is 4.68. The highest BCUT2D eigenvalue weighted by Crippen LogP contribution is 2.42. The molecule has 3 atom stereocenters. The first-order valence-electron chi connectivity index (χ1n) is 10.5. The highest BCUT2D eigenvalue weighted by atomic mass is 16.5. The SMILES string of the molecule is Cn1c2c(c3ccccc31)C(C(=O)C1C(=O)OC[C@@H]1Cc1ccccc1)CCC2. The van der Waals surface area contributed by atoms with Crippen LogP contribution in [0.4, 0.5) is 0 Å². The minimum absolute atomic E-state index is 0.0470. The van der Waals surface area contributed by atoms with Crippen molar-refractivity contribution in [2.75, 3.05) is 6.61 Å². The molecule has 148 valence electrons. The molecule has 1 aromatic heterocycles. The van der Waals surface area contributed by atoms with Crippen LogP contribution in [0.1, 0.15) is 35.6 Å². The number of para-hydroxylation sites is 1. The number of Topliss-reactive ketones (excluding diaryl/α,β-unsaturated/α-hetero) is 1. The van der Waals surface area contributed by atoms with Gasteiger partial charge in [-0.2, -0.15) is 0 Å². The summed E-state index contributed by atoms with van der Waals surface area (Å²) in [6.45, 7) is 0.333. The highest BCUT2D eigenvalue weighted by molar-refractivity contribution is 6.05. The van der Waals surface area contributed by atoms with Gasteiger partial charge in [-0.1, -0.05) is 48.5 Å². The smallest absolute Gasteiger partial charge is 0.316 e. The molecule has 4 heteroatoms. The standard InChI is InChI=1S/C25H25NO3/c1-26-20-12-6-5-10-18(20)23-19(11-7-13-21(23)26)24(27)22-17(15-29-25(22)28)14-16-8-3-2-4-9-16/h2-6,8-10,12,17,19,22H,7,11,13-15H2,1H3/t17-,19?,22?/m0/s1. The van der Waals surface area contributed by atoms with Crippen molar-refractivity contribution in [2.24, 2.45) is 18.9 Å². The highest BCUT2D eigenvalue weighted by Gasteiger charge is 2.46. The second-order valence-corrected chi connectivity index (χ2v) is 8.34. The van der Waals surface area contributed by atoms with Gasteiger partial charge in [0.2, 0.25) is 0 Å². The van der Waals surface area contributed by atoms with Gasteiger partial charge in [-0.25, -0.2) is 0 Å². The first-order valence-corrected chi connectivity index (χ1v) is 10.5. The molecule has 2 aliphatic rings. The molecule has 1 aliphatic heterocycles. The molecule has 3 aromatic rings. The summed E-state index contributed by atoms with van der Waals surface area (Å²) in [7, 11) is 2.08. The van der Waals surface area contributed by atoms with Crippen LogP contribution in [-0.2, 0) is 34.2 Å². The average Bonchev–Trinajstić information content (AvgIpc) is 3.26. The summed E-state index contributed by atoms with van der Waals surface area (Å²) in [5.74, 6) is -1.27. The number of rotatable bonds is 4. The van der Waals surface area contributed by atoms with E-state index in [1.807, 2.05) is 42.5 Å². The Bertz CT molecular complexity index is 1080. The zero-order valence-corrected chi connectivity index (χ0v) is 16.6. The maximum atomic E-state index is 13.7. The van der Waals surface area contributed by atoms with Crippen molar-refractivity contribution in [3.63, 3.8) is 0 Å². The number of aromatic nitrogens is 1. The van der Waals surface area contributed by atoms with E-state index in [0.29, 0.717) is 13.0 Å². The Balaban J connectivity index is 1.51. The van der Waals surface area contributed by atoms with Gasteiger partial charge < -0.3 is 9.30 Å². The van der Waals surface area contributed by atoms with Crippen molar-refractivity contribution in [3.8, 4) is 0 Å². The molecule has 2 aromatic carbocycles. The fourth-order valence-corrected chi connectivity index (χ4v) is 5.30. The number of fused-ring (bicyclic) bond motifs is 3. The normalized spacial score (nSPS) is 23.8. The third kappa shape index (κ3) is 2.98. The zero-order valence-electron chi connectivity index (χ0n) is 16.6. The molecule has 5 rings (SSSR count). The van der Waals surface area contributed by atoms with Crippen LogP contribution in [0.15, 0.2) is 54.6 Å². The number of carbonyl (C=O) groups excluding carboxylic acids is 2. The Kier molecular flexibility index (Phi) is 4.50. The predicted octanol–water partition coefficient (Wildman–Crippen LogP) is 4.20. The van der Waals surface area contributed by atoms with Crippen LogP contribution >= 0.6 is 0 Å². The van der Waals surface area contributed by atoms with Crippen molar-refractivity contribution < 1.29 is 14.3 Å². The first kappa shape index (κ1) is 18.2. The second-order valence-electron chi connectivity index (χ2n) is 8.34. The van der Waals surface area contributed by atoms with Crippen LogP contribution in [0.5, 0.6) is 0 Å². The molecule has 1 saturated heterocycles. The summed E-state index contributed by atoms with van der Waals surface area (Å²) in [5, 5.41) is 1.15. The van der Waals surface area contributed by atoms with Crippen LogP contribution in [0.3, 0.4) is 0 Å². The van der Waals surface area contributed by atoms with Gasteiger partial charge in [0.25, 0.3) is 0 Å². The quantitative estimate of drug-likeness (QED) is 0.498. The molecule has 1 fully saturated rings. The van der Waals surface area contributed by atoms with Gasteiger partial charge in [0.05, 0.1) is 6.61 Å². The third-order valence-corrected chi connectivity index (χ3v) is 6.68. The van der Waals surface area contributed by atoms with Gasteiger partial charge in [-0.3, -0.25) is 9.59 Å². The Labute approximate surface area is 170 Å². The molecule has 0 radical (unpaired) electrons. The van der Waals surface area contributed by atoms with Crippen LogP contribution < -0.4 is 0 Å². The molecule has 0 saturated carbocycles. The average molecular weight is 387 g/mol. The number of cyclic esters (lactones) is 1.